The standard InChI is InChI=1S/C13H17FN6/c1-3-20(4-2)13-18-11(15)17-12(19-13)16-10-8-6-5-7-9(10)14/h5-8H,3-4H2,1-2H3,(H3,15,16,17,18,19). The van der Waals surface area contributed by atoms with Crippen molar-refractivity contribution in [2.75, 3.05) is 29.0 Å². The lowest BCUT2D eigenvalue weighted by molar-refractivity contribution is 0.631. The molecular formula is C13H17FN6. The summed E-state index contributed by atoms with van der Waals surface area (Å²) >= 11 is 0. The van der Waals surface area contributed by atoms with E-state index in [1.165, 1.54) is 6.07 Å². The van der Waals surface area contributed by atoms with Gasteiger partial charge in [0.2, 0.25) is 17.8 Å². The maximum absolute atomic E-state index is 13.6. The second-order valence-electron chi connectivity index (χ2n) is 4.09. The molecule has 2 rings (SSSR count). The van der Waals surface area contributed by atoms with Gasteiger partial charge in [-0.2, -0.15) is 15.0 Å². The monoisotopic (exact) mass is 276 g/mol. The van der Waals surface area contributed by atoms with E-state index in [2.05, 4.69) is 20.3 Å². The van der Waals surface area contributed by atoms with Crippen molar-refractivity contribution in [1.82, 2.24) is 15.0 Å². The van der Waals surface area contributed by atoms with Gasteiger partial charge in [-0.15, -0.1) is 0 Å². The Morgan fingerprint density at radius 3 is 2.50 bits per heavy atom. The molecule has 2 aromatic rings. The molecule has 3 N–H and O–H groups in total. The van der Waals surface area contributed by atoms with Gasteiger partial charge in [-0.3, -0.25) is 0 Å². The normalized spacial score (nSPS) is 10.3. The number of para-hydroxylation sites is 1. The third kappa shape index (κ3) is 3.11. The molecule has 20 heavy (non-hydrogen) atoms. The number of nitrogen functional groups attached to an aromatic ring is 1. The Labute approximate surface area is 116 Å². The Morgan fingerprint density at radius 2 is 1.85 bits per heavy atom. The van der Waals surface area contributed by atoms with Gasteiger partial charge in [-0.05, 0) is 26.0 Å². The summed E-state index contributed by atoms with van der Waals surface area (Å²) in [4.78, 5) is 14.3. The van der Waals surface area contributed by atoms with Gasteiger partial charge >= 0.3 is 0 Å². The Balaban J connectivity index is 2.31. The topological polar surface area (TPSA) is 80.0 Å². The molecule has 1 heterocycles. The van der Waals surface area contributed by atoms with Crippen LogP contribution in [0.15, 0.2) is 24.3 Å². The van der Waals surface area contributed by atoms with Crippen LogP contribution in [-0.4, -0.2) is 28.0 Å². The molecule has 7 heteroatoms. The predicted molar refractivity (Wildman–Crippen MR) is 77.5 cm³/mol. The molecule has 6 nitrogen and oxygen atoms in total. The zero-order valence-electron chi connectivity index (χ0n) is 11.5. The number of rotatable bonds is 5. The highest BCUT2D eigenvalue weighted by Gasteiger charge is 2.10. The second-order valence-corrected chi connectivity index (χ2v) is 4.09. The van der Waals surface area contributed by atoms with E-state index in [4.69, 9.17) is 5.73 Å². The third-order valence-electron chi connectivity index (χ3n) is 2.81. The molecule has 0 saturated carbocycles. The largest absolute Gasteiger partial charge is 0.368 e. The molecule has 0 spiro atoms. The SMILES string of the molecule is CCN(CC)c1nc(N)nc(Nc2ccccc2F)n1. The zero-order valence-corrected chi connectivity index (χ0v) is 11.5. The van der Waals surface area contributed by atoms with E-state index in [0.29, 0.717) is 11.6 Å². The van der Waals surface area contributed by atoms with Crippen molar-refractivity contribution in [3.63, 3.8) is 0 Å². The van der Waals surface area contributed by atoms with Gasteiger partial charge in [0, 0.05) is 13.1 Å². The smallest absolute Gasteiger partial charge is 0.233 e. The Hall–Kier alpha value is -2.44. The molecule has 0 aliphatic rings. The van der Waals surface area contributed by atoms with Gasteiger partial charge in [0.15, 0.2) is 0 Å². The van der Waals surface area contributed by atoms with E-state index in [-0.39, 0.29) is 17.7 Å². The van der Waals surface area contributed by atoms with Crippen molar-refractivity contribution in [3.8, 4) is 0 Å². The molecule has 0 amide bonds. The van der Waals surface area contributed by atoms with Crippen LogP contribution < -0.4 is 16.0 Å². The fourth-order valence-corrected chi connectivity index (χ4v) is 1.77. The summed E-state index contributed by atoms with van der Waals surface area (Å²) < 4.78 is 13.6. The molecule has 1 aromatic carbocycles. The van der Waals surface area contributed by atoms with Crippen LogP contribution in [0.5, 0.6) is 0 Å². The highest BCUT2D eigenvalue weighted by atomic mass is 19.1. The van der Waals surface area contributed by atoms with E-state index in [1.54, 1.807) is 18.2 Å². The molecule has 0 aliphatic heterocycles. The maximum Gasteiger partial charge on any atom is 0.233 e. The molecule has 106 valence electrons. The lowest BCUT2D eigenvalue weighted by Gasteiger charge is -2.19. The number of halogens is 1. The average Bonchev–Trinajstić information content (AvgIpc) is 2.42. The summed E-state index contributed by atoms with van der Waals surface area (Å²) in [7, 11) is 0. The van der Waals surface area contributed by atoms with E-state index in [0.717, 1.165) is 13.1 Å². The first kappa shape index (κ1) is 14.0. The number of aromatic nitrogens is 3. The van der Waals surface area contributed by atoms with E-state index >= 15 is 0 Å². The number of nitrogens with zero attached hydrogens (tertiary/aromatic N) is 4. The summed E-state index contributed by atoms with van der Waals surface area (Å²) in [6.07, 6.45) is 0. The molecule has 0 fully saturated rings. The minimum absolute atomic E-state index is 0.0979. The first-order valence-electron chi connectivity index (χ1n) is 6.42. The minimum Gasteiger partial charge on any atom is -0.368 e. The molecule has 0 unspecified atom stereocenters. The predicted octanol–water partition coefficient (Wildman–Crippen LogP) is 2.18. The van der Waals surface area contributed by atoms with Gasteiger partial charge < -0.3 is 16.0 Å². The van der Waals surface area contributed by atoms with Gasteiger partial charge in [-0.25, -0.2) is 4.39 Å². The van der Waals surface area contributed by atoms with Gasteiger partial charge in [0.1, 0.15) is 5.82 Å². The third-order valence-corrected chi connectivity index (χ3v) is 2.81. The zero-order chi connectivity index (χ0) is 14.5. The van der Waals surface area contributed by atoms with Crippen molar-refractivity contribution in [2.45, 2.75) is 13.8 Å². The first-order chi connectivity index (χ1) is 9.63. The highest BCUT2D eigenvalue weighted by molar-refractivity contribution is 5.56. The molecule has 0 bridgehead atoms. The van der Waals surface area contributed by atoms with Crippen LogP contribution in [-0.2, 0) is 0 Å². The van der Waals surface area contributed by atoms with Crippen LogP contribution in [0.1, 0.15) is 13.8 Å². The average molecular weight is 276 g/mol. The summed E-state index contributed by atoms with van der Waals surface area (Å²) in [6.45, 7) is 5.49. The molecular weight excluding hydrogens is 259 g/mol. The van der Waals surface area contributed by atoms with Crippen LogP contribution in [0.2, 0.25) is 0 Å². The van der Waals surface area contributed by atoms with Crippen molar-refractivity contribution >= 4 is 23.5 Å². The summed E-state index contributed by atoms with van der Waals surface area (Å²) in [5.74, 6) is 0.419. The van der Waals surface area contributed by atoms with E-state index < -0.39 is 0 Å². The molecule has 0 radical (unpaired) electrons. The fourth-order valence-electron chi connectivity index (χ4n) is 1.77. The Bertz CT molecular complexity index is 585. The molecule has 0 aliphatic carbocycles. The van der Waals surface area contributed by atoms with Crippen LogP contribution >= 0.6 is 0 Å². The van der Waals surface area contributed by atoms with Crippen molar-refractivity contribution < 1.29 is 4.39 Å². The number of hydrogen-bond acceptors (Lipinski definition) is 6. The molecule has 0 atom stereocenters. The Morgan fingerprint density at radius 1 is 1.15 bits per heavy atom. The van der Waals surface area contributed by atoms with E-state index in [9.17, 15) is 4.39 Å². The highest BCUT2D eigenvalue weighted by Crippen LogP contribution is 2.19. The lowest BCUT2D eigenvalue weighted by atomic mass is 10.3. The number of anilines is 4. The van der Waals surface area contributed by atoms with Crippen LogP contribution in [0.4, 0.5) is 27.9 Å². The number of nitrogens with one attached hydrogen (secondary N) is 1. The number of nitrogens with two attached hydrogens (primary N) is 1. The number of benzene rings is 1. The van der Waals surface area contributed by atoms with Gasteiger partial charge in [0.05, 0.1) is 5.69 Å². The summed E-state index contributed by atoms with van der Waals surface area (Å²) in [5, 5.41) is 2.81. The summed E-state index contributed by atoms with van der Waals surface area (Å²) in [5.41, 5.74) is 5.97. The van der Waals surface area contributed by atoms with Gasteiger partial charge in [-0.1, -0.05) is 12.1 Å². The lowest BCUT2D eigenvalue weighted by Crippen LogP contribution is -2.25. The van der Waals surface area contributed by atoms with Crippen LogP contribution in [0, 0.1) is 5.82 Å². The van der Waals surface area contributed by atoms with Crippen LogP contribution in [0.25, 0.3) is 0 Å². The minimum atomic E-state index is -0.379. The van der Waals surface area contributed by atoms with Gasteiger partial charge in [0.25, 0.3) is 0 Å². The first-order valence-corrected chi connectivity index (χ1v) is 6.42. The quantitative estimate of drug-likeness (QED) is 0.871. The molecule has 0 saturated heterocycles. The maximum atomic E-state index is 13.6. The summed E-state index contributed by atoms with van der Waals surface area (Å²) in [6, 6.07) is 6.30. The second kappa shape index (κ2) is 6.14. The van der Waals surface area contributed by atoms with Crippen molar-refractivity contribution in [3.05, 3.63) is 30.1 Å². The fraction of sp³-hybridized carbons (Fsp3) is 0.308. The molecule has 1 aromatic heterocycles. The Kier molecular flexibility index (Phi) is 4.29. The van der Waals surface area contributed by atoms with Crippen LogP contribution in [0.3, 0.4) is 0 Å². The van der Waals surface area contributed by atoms with Crippen molar-refractivity contribution in [2.24, 2.45) is 0 Å². The van der Waals surface area contributed by atoms with Crippen molar-refractivity contribution in [1.29, 1.82) is 0 Å². The van der Waals surface area contributed by atoms with E-state index in [1.807, 2.05) is 18.7 Å². The number of hydrogen-bond donors (Lipinski definition) is 2.